The van der Waals surface area contributed by atoms with Crippen LogP contribution >= 0.6 is 0 Å². The summed E-state index contributed by atoms with van der Waals surface area (Å²) in [5.41, 5.74) is 9.14. The molecule has 4 aromatic rings. The van der Waals surface area contributed by atoms with E-state index in [9.17, 15) is 0 Å². The van der Waals surface area contributed by atoms with E-state index in [0.717, 1.165) is 19.3 Å². The molecule has 0 N–H and O–H groups in total. The van der Waals surface area contributed by atoms with Crippen LogP contribution in [0.1, 0.15) is 54.0 Å². The Labute approximate surface area is 205 Å². The van der Waals surface area contributed by atoms with E-state index in [1.54, 1.807) is 0 Å². The number of aryl methyl sites for hydroxylation is 1. The maximum Gasteiger partial charge on any atom is -0.0150 e. The highest BCUT2D eigenvalue weighted by atomic mass is 14.1. The maximum absolute atomic E-state index is 2.30. The summed E-state index contributed by atoms with van der Waals surface area (Å²) in [4.78, 5) is 0. The van der Waals surface area contributed by atoms with E-state index in [0.29, 0.717) is 5.92 Å². The molecule has 4 rings (SSSR count). The van der Waals surface area contributed by atoms with Crippen molar-refractivity contribution in [2.24, 2.45) is 0 Å². The normalized spacial score (nSPS) is 12.4. The van der Waals surface area contributed by atoms with E-state index in [-0.39, 0.29) is 0 Å². The van der Waals surface area contributed by atoms with Gasteiger partial charge in [-0.2, -0.15) is 0 Å². The number of rotatable bonds is 9. The molecule has 0 aliphatic heterocycles. The van der Waals surface area contributed by atoms with Crippen molar-refractivity contribution >= 4 is 12.2 Å². The molecule has 0 aliphatic rings. The summed E-state index contributed by atoms with van der Waals surface area (Å²) in [6.07, 6.45) is 12.0. The molecule has 0 radical (unpaired) electrons. The van der Waals surface area contributed by atoms with Crippen LogP contribution in [0, 0.1) is 0 Å². The van der Waals surface area contributed by atoms with Gasteiger partial charge in [0, 0.05) is 0 Å². The minimum atomic E-state index is 0.524. The molecule has 0 spiro atoms. The van der Waals surface area contributed by atoms with Gasteiger partial charge in [-0.05, 0) is 71.0 Å². The summed E-state index contributed by atoms with van der Waals surface area (Å²) in [6, 6.07) is 37.5. The predicted molar refractivity (Wildman–Crippen MR) is 149 cm³/mol. The van der Waals surface area contributed by atoms with Gasteiger partial charge in [0.1, 0.15) is 0 Å². The van der Waals surface area contributed by atoms with Gasteiger partial charge in [-0.3, -0.25) is 0 Å². The van der Waals surface area contributed by atoms with Gasteiger partial charge in [0.15, 0.2) is 0 Å². The smallest absolute Gasteiger partial charge is 0.0150 e. The van der Waals surface area contributed by atoms with Gasteiger partial charge in [0.2, 0.25) is 0 Å². The van der Waals surface area contributed by atoms with Gasteiger partial charge in [-0.1, -0.05) is 134 Å². The zero-order valence-corrected chi connectivity index (χ0v) is 20.3. The molecular formula is C34H34. The van der Waals surface area contributed by atoms with Gasteiger partial charge in [0.05, 0.1) is 0 Å². The molecule has 0 heteroatoms. The van der Waals surface area contributed by atoms with Crippen molar-refractivity contribution in [3.63, 3.8) is 0 Å². The minimum absolute atomic E-state index is 0.524. The van der Waals surface area contributed by atoms with Crippen molar-refractivity contribution in [1.82, 2.24) is 0 Å². The molecule has 34 heavy (non-hydrogen) atoms. The van der Waals surface area contributed by atoms with Crippen LogP contribution in [0.3, 0.4) is 0 Å². The van der Waals surface area contributed by atoms with Crippen LogP contribution in [0.15, 0.2) is 115 Å². The van der Waals surface area contributed by atoms with Gasteiger partial charge >= 0.3 is 0 Å². The molecule has 0 unspecified atom stereocenters. The average Bonchev–Trinajstić information content (AvgIpc) is 2.90. The van der Waals surface area contributed by atoms with E-state index in [1.807, 2.05) is 0 Å². The summed E-state index contributed by atoms with van der Waals surface area (Å²) < 4.78 is 0. The van der Waals surface area contributed by atoms with Crippen molar-refractivity contribution < 1.29 is 0 Å². The molecule has 0 fully saturated rings. The molecule has 0 aliphatic carbocycles. The molecule has 0 amide bonds. The lowest BCUT2D eigenvalue weighted by atomic mass is 9.93. The second kappa shape index (κ2) is 12.0. The Hall–Kier alpha value is -3.64. The van der Waals surface area contributed by atoms with Crippen molar-refractivity contribution in [2.75, 3.05) is 0 Å². The highest BCUT2D eigenvalue weighted by Gasteiger charge is 2.06. The van der Waals surface area contributed by atoms with Crippen LogP contribution < -0.4 is 0 Å². The van der Waals surface area contributed by atoms with Gasteiger partial charge in [-0.15, -0.1) is 0 Å². The zero-order valence-electron chi connectivity index (χ0n) is 20.3. The fourth-order valence-electron chi connectivity index (χ4n) is 4.28. The van der Waals surface area contributed by atoms with Crippen LogP contribution in [-0.4, -0.2) is 0 Å². The van der Waals surface area contributed by atoms with Crippen LogP contribution in [0.4, 0.5) is 0 Å². The van der Waals surface area contributed by atoms with E-state index in [2.05, 4.69) is 141 Å². The fourth-order valence-corrected chi connectivity index (χ4v) is 4.28. The summed E-state index contributed by atoms with van der Waals surface area (Å²) in [5.74, 6) is 0.524. The third kappa shape index (κ3) is 6.68. The fraction of sp³-hybridized carbons (Fsp3) is 0.176. The first-order valence-electron chi connectivity index (χ1n) is 12.3. The Balaban J connectivity index is 1.34. The molecule has 0 heterocycles. The zero-order chi connectivity index (χ0) is 23.6. The molecule has 0 saturated heterocycles. The van der Waals surface area contributed by atoms with E-state index in [1.165, 1.54) is 38.9 Å². The predicted octanol–water partition coefficient (Wildman–Crippen LogP) is 9.38. The highest BCUT2D eigenvalue weighted by molar-refractivity contribution is 5.72. The number of hydrogen-bond acceptors (Lipinski definition) is 0. The van der Waals surface area contributed by atoms with E-state index >= 15 is 0 Å². The Kier molecular flexibility index (Phi) is 8.30. The Morgan fingerprint density at radius 3 is 1.74 bits per heavy atom. The van der Waals surface area contributed by atoms with E-state index in [4.69, 9.17) is 0 Å². The summed E-state index contributed by atoms with van der Waals surface area (Å²) >= 11 is 0. The Morgan fingerprint density at radius 2 is 1.15 bits per heavy atom. The second-order valence-electron chi connectivity index (χ2n) is 9.02. The number of benzene rings is 4. The summed E-state index contributed by atoms with van der Waals surface area (Å²) in [6.45, 7) is 4.37. The molecule has 0 aromatic heterocycles. The molecule has 0 bridgehead atoms. The third-order valence-electron chi connectivity index (χ3n) is 6.39. The average molecular weight is 443 g/mol. The standard InChI is InChI=1S/C34H34/c1-3-4-6-9-28-18-22-33(23-19-28)34-24-20-30(21-25-34)13-12-29-14-16-31(17-15-29)26-27(2)32-10-7-5-8-11-32/h3-5,7-8,10-25,27H,6,9,26H2,1-2H3/b4-3+,13-12?/t27-/m1/s1. The number of allylic oxidation sites excluding steroid dienone is 2. The SMILES string of the molecule is C/C=C/CCc1ccc(-c2ccc(C=Cc3ccc(C[C@@H](C)c4ccccc4)cc3)cc2)cc1. The summed E-state index contributed by atoms with van der Waals surface area (Å²) in [5, 5.41) is 0. The summed E-state index contributed by atoms with van der Waals surface area (Å²) in [7, 11) is 0. The largest absolute Gasteiger partial charge is 0.0917 e. The third-order valence-corrected chi connectivity index (χ3v) is 6.39. The first-order chi connectivity index (χ1) is 16.7. The molecule has 4 aromatic carbocycles. The van der Waals surface area contributed by atoms with Crippen molar-refractivity contribution in [3.05, 3.63) is 143 Å². The molecule has 0 saturated carbocycles. The van der Waals surface area contributed by atoms with Crippen LogP contribution in [0.2, 0.25) is 0 Å². The van der Waals surface area contributed by atoms with Crippen LogP contribution in [-0.2, 0) is 12.8 Å². The van der Waals surface area contributed by atoms with Crippen molar-refractivity contribution in [1.29, 1.82) is 0 Å². The first-order valence-corrected chi connectivity index (χ1v) is 12.3. The topological polar surface area (TPSA) is 0 Å². The Bertz CT molecular complexity index is 1190. The first kappa shape index (κ1) is 23.5. The quantitative estimate of drug-likeness (QED) is 0.179. The highest BCUT2D eigenvalue weighted by Crippen LogP contribution is 2.23. The molecule has 170 valence electrons. The van der Waals surface area contributed by atoms with Crippen molar-refractivity contribution in [2.45, 2.75) is 39.0 Å². The lowest BCUT2D eigenvalue weighted by Crippen LogP contribution is -1.98. The van der Waals surface area contributed by atoms with Gasteiger partial charge in [-0.25, -0.2) is 0 Å². The Morgan fingerprint density at radius 1 is 0.618 bits per heavy atom. The van der Waals surface area contributed by atoms with Crippen LogP contribution in [0.25, 0.3) is 23.3 Å². The lowest BCUT2D eigenvalue weighted by Gasteiger charge is -2.12. The monoisotopic (exact) mass is 442 g/mol. The number of hydrogen-bond donors (Lipinski definition) is 0. The lowest BCUT2D eigenvalue weighted by molar-refractivity contribution is 0.759. The van der Waals surface area contributed by atoms with E-state index < -0.39 is 0 Å². The molecule has 1 atom stereocenters. The maximum atomic E-state index is 2.30. The second-order valence-corrected chi connectivity index (χ2v) is 9.02. The van der Waals surface area contributed by atoms with Crippen molar-refractivity contribution in [3.8, 4) is 11.1 Å². The van der Waals surface area contributed by atoms with Gasteiger partial charge < -0.3 is 0 Å². The minimum Gasteiger partial charge on any atom is -0.0917 e. The molecule has 0 nitrogen and oxygen atoms in total. The van der Waals surface area contributed by atoms with Gasteiger partial charge in [0.25, 0.3) is 0 Å². The van der Waals surface area contributed by atoms with Crippen LogP contribution in [0.5, 0.6) is 0 Å². The molecular weight excluding hydrogens is 408 g/mol.